The van der Waals surface area contributed by atoms with Crippen LogP contribution < -0.4 is 0 Å². The number of rotatable bonds is 4. The molecule has 0 N–H and O–H groups in total. The second-order valence-electron chi connectivity index (χ2n) is 2.86. The summed E-state index contributed by atoms with van der Waals surface area (Å²) in [5.74, 6) is 0.228. The van der Waals surface area contributed by atoms with Crippen molar-refractivity contribution in [2.45, 2.75) is 19.0 Å². The zero-order chi connectivity index (χ0) is 11.5. The Bertz CT molecular complexity index is 450. The Balaban J connectivity index is 2.55. The van der Waals surface area contributed by atoms with E-state index in [1.54, 1.807) is 0 Å². The zero-order valence-corrected chi connectivity index (χ0v) is 10.7. The molecule has 5 nitrogen and oxygen atoms in total. The van der Waals surface area contributed by atoms with Gasteiger partial charge < -0.3 is 0 Å². The van der Waals surface area contributed by atoms with Crippen LogP contribution in [0.4, 0.5) is 0 Å². The molecule has 0 amide bonds. The average Bonchev–Trinajstić information content (AvgIpc) is 2.09. The van der Waals surface area contributed by atoms with Gasteiger partial charge in [0.2, 0.25) is 14.2 Å². The number of hydrogen-bond donors (Lipinski definition) is 0. The van der Waals surface area contributed by atoms with E-state index in [1.807, 2.05) is 13.8 Å². The normalized spacial score (nSPS) is 11.7. The van der Waals surface area contributed by atoms with E-state index in [9.17, 15) is 8.42 Å². The number of hydrogen-bond acceptors (Lipinski definition) is 6. The van der Waals surface area contributed by atoms with Gasteiger partial charge in [0.25, 0.3) is 0 Å². The van der Waals surface area contributed by atoms with Gasteiger partial charge in [-0.25, -0.2) is 13.4 Å². The maximum atomic E-state index is 10.6. The molecule has 0 atom stereocenters. The summed E-state index contributed by atoms with van der Waals surface area (Å²) in [5.41, 5.74) is 1.56. The van der Waals surface area contributed by atoms with E-state index in [-0.39, 0.29) is 5.75 Å². The summed E-state index contributed by atoms with van der Waals surface area (Å²) >= 11 is 1.22. The number of aryl methyl sites for hydroxylation is 2. The molecule has 1 heterocycles. The molecule has 0 spiro atoms. The van der Waals surface area contributed by atoms with E-state index < -0.39 is 9.05 Å². The maximum absolute atomic E-state index is 10.6. The minimum absolute atomic E-state index is 0.102. The summed E-state index contributed by atoms with van der Waals surface area (Å²) in [4.78, 5) is 4.14. The van der Waals surface area contributed by atoms with Crippen LogP contribution in [0.5, 0.6) is 0 Å². The lowest BCUT2D eigenvalue weighted by Gasteiger charge is -2.00. The molecule has 8 heteroatoms. The molecule has 0 bridgehead atoms. The Morgan fingerprint density at radius 1 is 1.27 bits per heavy atom. The summed E-state index contributed by atoms with van der Waals surface area (Å²) in [6, 6.07) is 0. The van der Waals surface area contributed by atoms with E-state index in [0.717, 1.165) is 11.4 Å². The van der Waals surface area contributed by atoms with Gasteiger partial charge in [-0.2, -0.15) is 5.10 Å². The monoisotopic (exact) mass is 267 g/mol. The fourth-order valence-electron chi connectivity index (χ4n) is 0.730. The van der Waals surface area contributed by atoms with E-state index in [4.69, 9.17) is 10.7 Å². The fourth-order valence-corrected chi connectivity index (χ4v) is 2.91. The van der Waals surface area contributed by atoms with Crippen molar-refractivity contribution in [1.29, 1.82) is 0 Å². The molecule has 15 heavy (non-hydrogen) atoms. The van der Waals surface area contributed by atoms with Gasteiger partial charge in [0.1, 0.15) is 0 Å². The molecule has 1 aromatic rings. The first kappa shape index (κ1) is 12.7. The Hall–Kier alpha value is -0.400. The third-order valence-corrected chi connectivity index (χ3v) is 3.88. The molecule has 0 saturated heterocycles. The average molecular weight is 268 g/mol. The second kappa shape index (κ2) is 5.09. The van der Waals surface area contributed by atoms with Crippen molar-refractivity contribution in [2.24, 2.45) is 0 Å². The lowest BCUT2D eigenvalue weighted by molar-refractivity contribution is 0.611. The van der Waals surface area contributed by atoms with Crippen LogP contribution in [0.2, 0.25) is 0 Å². The molecule has 0 radical (unpaired) electrons. The molecule has 0 aliphatic rings. The van der Waals surface area contributed by atoms with Gasteiger partial charge in [0.05, 0.1) is 17.1 Å². The predicted molar refractivity (Wildman–Crippen MR) is 59.7 cm³/mol. The van der Waals surface area contributed by atoms with Crippen molar-refractivity contribution < 1.29 is 8.42 Å². The Labute approximate surface area is 97.1 Å². The predicted octanol–water partition coefficient (Wildman–Crippen LogP) is 1.15. The van der Waals surface area contributed by atoms with Crippen molar-refractivity contribution in [3.8, 4) is 0 Å². The highest BCUT2D eigenvalue weighted by molar-refractivity contribution is 8.14. The minimum atomic E-state index is -3.44. The highest BCUT2D eigenvalue weighted by atomic mass is 35.7. The van der Waals surface area contributed by atoms with E-state index in [1.165, 1.54) is 11.8 Å². The lowest BCUT2D eigenvalue weighted by atomic mass is 10.4. The van der Waals surface area contributed by atoms with Gasteiger partial charge in [-0.05, 0) is 13.8 Å². The van der Waals surface area contributed by atoms with Gasteiger partial charge in [-0.3, -0.25) is 0 Å². The van der Waals surface area contributed by atoms with Crippen LogP contribution in [-0.2, 0) is 9.05 Å². The summed E-state index contributed by atoms with van der Waals surface area (Å²) in [7, 11) is 1.62. The molecule has 0 aliphatic heterocycles. The van der Waals surface area contributed by atoms with Crippen molar-refractivity contribution in [3.63, 3.8) is 0 Å². The molecular weight excluding hydrogens is 258 g/mol. The van der Waals surface area contributed by atoms with Crippen molar-refractivity contribution >= 4 is 31.5 Å². The number of halogens is 1. The van der Waals surface area contributed by atoms with Crippen LogP contribution in [0.15, 0.2) is 5.16 Å². The molecule has 84 valence electrons. The molecule has 1 rings (SSSR count). The van der Waals surface area contributed by atoms with Gasteiger partial charge in [-0.15, -0.1) is 5.10 Å². The Kier molecular flexibility index (Phi) is 4.30. The van der Waals surface area contributed by atoms with Crippen LogP contribution in [-0.4, -0.2) is 35.1 Å². The summed E-state index contributed by atoms with van der Waals surface area (Å²) in [6.07, 6.45) is 0. The lowest BCUT2D eigenvalue weighted by Crippen LogP contribution is -2.02. The first-order valence-electron chi connectivity index (χ1n) is 4.11. The Morgan fingerprint density at radius 2 is 1.93 bits per heavy atom. The molecule has 1 aromatic heterocycles. The fraction of sp³-hybridized carbons (Fsp3) is 0.571. The van der Waals surface area contributed by atoms with E-state index in [0.29, 0.717) is 10.9 Å². The third kappa shape index (κ3) is 4.76. The standard InChI is InChI=1S/C7H10ClN3O2S2/c1-5-6(2)10-11-7(9-5)14-3-4-15(8,12)13/h3-4H2,1-2H3. The second-order valence-corrected chi connectivity index (χ2v) is 6.82. The van der Waals surface area contributed by atoms with Crippen LogP contribution in [0.25, 0.3) is 0 Å². The largest absolute Gasteiger partial charge is 0.233 e. The van der Waals surface area contributed by atoms with Crippen LogP contribution in [0.1, 0.15) is 11.4 Å². The summed E-state index contributed by atoms with van der Waals surface area (Å²) in [6.45, 7) is 3.64. The molecule has 0 fully saturated rings. The number of nitrogens with zero attached hydrogens (tertiary/aromatic N) is 3. The topological polar surface area (TPSA) is 72.8 Å². The minimum Gasteiger partial charge on any atom is -0.225 e. The third-order valence-electron chi connectivity index (χ3n) is 1.63. The smallest absolute Gasteiger partial charge is 0.225 e. The van der Waals surface area contributed by atoms with Gasteiger partial charge >= 0.3 is 0 Å². The van der Waals surface area contributed by atoms with Crippen molar-refractivity contribution in [2.75, 3.05) is 11.5 Å². The van der Waals surface area contributed by atoms with Crippen LogP contribution in [0, 0.1) is 13.8 Å². The Morgan fingerprint density at radius 3 is 2.47 bits per heavy atom. The van der Waals surface area contributed by atoms with Crippen LogP contribution >= 0.6 is 22.4 Å². The maximum Gasteiger partial charge on any atom is 0.233 e. The van der Waals surface area contributed by atoms with Crippen LogP contribution in [0.3, 0.4) is 0 Å². The highest BCUT2D eigenvalue weighted by Crippen LogP contribution is 2.13. The molecule has 0 aliphatic carbocycles. The summed E-state index contributed by atoms with van der Waals surface area (Å²) in [5, 5.41) is 8.17. The van der Waals surface area contributed by atoms with Gasteiger partial charge in [0, 0.05) is 16.4 Å². The zero-order valence-electron chi connectivity index (χ0n) is 8.27. The van der Waals surface area contributed by atoms with Crippen molar-refractivity contribution in [1.82, 2.24) is 15.2 Å². The quantitative estimate of drug-likeness (QED) is 0.602. The SMILES string of the molecule is Cc1nnc(SCCS(=O)(=O)Cl)nc1C. The molecule has 0 saturated carbocycles. The first-order valence-corrected chi connectivity index (χ1v) is 7.58. The molecule has 0 aromatic carbocycles. The molecular formula is C7H10ClN3O2S2. The number of aromatic nitrogens is 3. The van der Waals surface area contributed by atoms with Crippen molar-refractivity contribution in [3.05, 3.63) is 11.4 Å². The van der Waals surface area contributed by atoms with E-state index >= 15 is 0 Å². The van der Waals surface area contributed by atoms with Gasteiger partial charge in [-0.1, -0.05) is 11.8 Å². The summed E-state index contributed by atoms with van der Waals surface area (Å²) < 4.78 is 21.3. The van der Waals surface area contributed by atoms with Gasteiger partial charge in [0.15, 0.2) is 0 Å². The first-order chi connectivity index (χ1) is 6.88. The highest BCUT2D eigenvalue weighted by Gasteiger charge is 2.07. The molecule has 0 unspecified atom stereocenters. The van der Waals surface area contributed by atoms with E-state index in [2.05, 4.69) is 15.2 Å². The number of thioether (sulfide) groups is 1.